The second-order valence-electron chi connectivity index (χ2n) is 3.38. The first kappa shape index (κ1) is 12.5. The highest BCUT2D eigenvalue weighted by Crippen LogP contribution is 2.24. The van der Waals surface area contributed by atoms with Crippen LogP contribution in [0.1, 0.15) is 5.56 Å². The molecular formula is C12H8Cl3NO. The van der Waals surface area contributed by atoms with Crippen molar-refractivity contribution in [1.29, 1.82) is 0 Å². The second kappa shape index (κ2) is 5.58. The number of pyridine rings is 1. The minimum Gasteiger partial charge on any atom is -0.489 e. The zero-order valence-electron chi connectivity index (χ0n) is 8.66. The summed E-state index contributed by atoms with van der Waals surface area (Å²) in [6.07, 6.45) is 1.66. The lowest BCUT2D eigenvalue weighted by Crippen LogP contribution is -1.96. The van der Waals surface area contributed by atoms with Crippen molar-refractivity contribution in [2.75, 3.05) is 0 Å². The molecule has 1 heterocycles. The van der Waals surface area contributed by atoms with Crippen molar-refractivity contribution in [3.63, 3.8) is 0 Å². The number of rotatable bonds is 3. The van der Waals surface area contributed by atoms with Gasteiger partial charge < -0.3 is 4.74 Å². The summed E-state index contributed by atoms with van der Waals surface area (Å²) in [5, 5.41) is 1.54. The van der Waals surface area contributed by atoms with Crippen LogP contribution >= 0.6 is 34.8 Å². The normalized spacial score (nSPS) is 10.3. The fraction of sp³-hybridized carbons (Fsp3) is 0.0833. The summed E-state index contributed by atoms with van der Waals surface area (Å²) < 4.78 is 5.54. The number of hydrogen-bond acceptors (Lipinski definition) is 2. The van der Waals surface area contributed by atoms with E-state index in [-0.39, 0.29) is 0 Å². The molecule has 0 N–H and O–H groups in total. The van der Waals surface area contributed by atoms with Crippen molar-refractivity contribution in [2.45, 2.75) is 6.61 Å². The van der Waals surface area contributed by atoms with Crippen molar-refractivity contribution in [1.82, 2.24) is 4.98 Å². The summed E-state index contributed by atoms with van der Waals surface area (Å²) in [5.74, 6) is 0.623. The van der Waals surface area contributed by atoms with Crippen LogP contribution in [-0.2, 0) is 6.61 Å². The first-order chi connectivity index (χ1) is 8.13. The van der Waals surface area contributed by atoms with Gasteiger partial charge in [0.05, 0.1) is 0 Å². The Morgan fingerprint density at radius 2 is 1.71 bits per heavy atom. The number of halogens is 3. The molecule has 0 amide bonds. The molecule has 0 aliphatic heterocycles. The minimum atomic E-state index is 0.390. The Labute approximate surface area is 114 Å². The van der Waals surface area contributed by atoms with Crippen LogP contribution in [0.2, 0.25) is 15.2 Å². The second-order valence-corrected chi connectivity index (χ2v) is 4.64. The van der Waals surface area contributed by atoms with Gasteiger partial charge in [-0.25, -0.2) is 4.98 Å². The smallest absolute Gasteiger partial charge is 0.129 e. The van der Waals surface area contributed by atoms with Gasteiger partial charge >= 0.3 is 0 Å². The first-order valence-corrected chi connectivity index (χ1v) is 5.96. The van der Waals surface area contributed by atoms with E-state index in [1.807, 2.05) is 6.07 Å². The average Bonchev–Trinajstić information content (AvgIpc) is 2.27. The average molecular weight is 289 g/mol. The van der Waals surface area contributed by atoms with Crippen molar-refractivity contribution >= 4 is 34.8 Å². The van der Waals surface area contributed by atoms with Crippen LogP contribution in [0, 0.1) is 0 Å². The van der Waals surface area contributed by atoms with Crippen molar-refractivity contribution in [3.8, 4) is 5.75 Å². The van der Waals surface area contributed by atoms with Gasteiger partial charge in [-0.2, -0.15) is 0 Å². The summed E-state index contributed by atoms with van der Waals surface area (Å²) in [6, 6.07) is 8.63. The van der Waals surface area contributed by atoms with Gasteiger partial charge in [0.1, 0.15) is 17.5 Å². The van der Waals surface area contributed by atoms with E-state index in [0.29, 0.717) is 27.6 Å². The van der Waals surface area contributed by atoms with Gasteiger partial charge in [-0.15, -0.1) is 0 Å². The summed E-state index contributed by atoms with van der Waals surface area (Å²) in [4.78, 5) is 3.96. The molecule has 2 aromatic rings. The van der Waals surface area contributed by atoms with Gasteiger partial charge in [-0.05, 0) is 24.3 Å². The molecule has 2 nitrogen and oxygen atoms in total. The molecule has 2 rings (SSSR count). The zero-order chi connectivity index (χ0) is 12.3. The maximum Gasteiger partial charge on any atom is 0.129 e. The number of hydrogen-bond donors (Lipinski definition) is 0. The molecule has 0 saturated carbocycles. The molecule has 0 fully saturated rings. The van der Waals surface area contributed by atoms with Gasteiger partial charge in [0.25, 0.3) is 0 Å². The van der Waals surface area contributed by atoms with Gasteiger partial charge in [-0.3, -0.25) is 0 Å². The predicted octanol–water partition coefficient (Wildman–Crippen LogP) is 4.62. The topological polar surface area (TPSA) is 22.1 Å². The molecule has 1 aromatic carbocycles. The molecule has 17 heavy (non-hydrogen) atoms. The number of aromatic nitrogens is 1. The van der Waals surface area contributed by atoms with E-state index in [9.17, 15) is 0 Å². The zero-order valence-corrected chi connectivity index (χ0v) is 10.9. The van der Waals surface area contributed by atoms with E-state index in [2.05, 4.69) is 4.98 Å². The molecule has 0 atom stereocenters. The van der Waals surface area contributed by atoms with Crippen LogP contribution in [0.3, 0.4) is 0 Å². The third kappa shape index (κ3) is 3.77. The number of ether oxygens (including phenoxy) is 1. The summed E-state index contributed by atoms with van der Waals surface area (Å²) in [5.41, 5.74) is 0.922. The summed E-state index contributed by atoms with van der Waals surface area (Å²) in [6.45, 7) is 0.390. The van der Waals surface area contributed by atoms with E-state index >= 15 is 0 Å². The highest BCUT2D eigenvalue weighted by Gasteiger charge is 2.00. The van der Waals surface area contributed by atoms with Crippen LogP contribution in [0.4, 0.5) is 0 Å². The van der Waals surface area contributed by atoms with Crippen molar-refractivity contribution in [3.05, 3.63) is 57.3 Å². The van der Waals surface area contributed by atoms with Crippen LogP contribution in [-0.4, -0.2) is 4.98 Å². The number of benzene rings is 1. The summed E-state index contributed by atoms with van der Waals surface area (Å²) >= 11 is 17.4. The molecule has 5 heteroatoms. The van der Waals surface area contributed by atoms with Crippen LogP contribution in [0.15, 0.2) is 36.5 Å². The molecule has 1 aromatic heterocycles. The lowest BCUT2D eigenvalue weighted by Gasteiger charge is -2.07. The molecule has 0 unspecified atom stereocenters. The van der Waals surface area contributed by atoms with Crippen molar-refractivity contribution in [2.24, 2.45) is 0 Å². The van der Waals surface area contributed by atoms with Crippen LogP contribution < -0.4 is 4.74 Å². The molecule has 88 valence electrons. The van der Waals surface area contributed by atoms with E-state index in [1.165, 1.54) is 0 Å². The SMILES string of the molecule is Clc1cc(Cl)cc(OCc2ccc(Cl)nc2)c1. The third-order valence-corrected chi connectivity index (χ3v) is 2.69. The fourth-order valence-corrected chi connectivity index (χ4v) is 1.89. The van der Waals surface area contributed by atoms with Crippen LogP contribution in [0.5, 0.6) is 5.75 Å². The van der Waals surface area contributed by atoms with Gasteiger partial charge in [-0.1, -0.05) is 40.9 Å². The van der Waals surface area contributed by atoms with Gasteiger partial charge in [0.15, 0.2) is 0 Å². The minimum absolute atomic E-state index is 0.390. The molecule has 0 spiro atoms. The van der Waals surface area contributed by atoms with E-state index in [1.54, 1.807) is 30.5 Å². The largest absolute Gasteiger partial charge is 0.489 e. The molecule has 0 radical (unpaired) electrons. The van der Waals surface area contributed by atoms with Crippen LogP contribution in [0.25, 0.3) is 0 Å². The highest BCUT2D eigenvalue weighted by atomic mass is 35.5. The predicted molar refractivity (Wildman–Crippen MR) is 70.0 cm³/mol. The lowest BCUT2D eigenvalue weighted by molar-refractivity contribution is 0.306. The Balaban J connectivity index is 2.04. The molecule has 0 saturated heterocycles. The Bertz CT molecular complexity index is 493. The van der Waals surface area contributed by atoms with E-state index in [4.69, 9.17) is 39.5 Å². The molecule has 0 bridgehead atoms. The van der Waals surface area contributed by atoms with E-state index < -0.39 is 0 Å². The number of nitrogens with zero attached hydrogens (tertiary/aromatic N) is 1. The maximum absolute atomic E-state index is 5.86. The molecular weight excluding hydrogens is 280 g/mol. The Morgan fingerprint density at radius 1 is 1.00 bits per heavy atom. The van der Waals surface area contributed by atoms with Gasteiger partial charge in [0.2, 0.25) is 0 Å². The Hall–Kier alpha value is -0.960. The van der Waals surface area contributed by atoms with E-state index in [0.717, 1.165) is 5.56 Å². The highest BCUT2D eigenvalue weighted by molar-refractivity contribution is 6.34. The Kier molecular flexibility index (Phi) is 4.11. The Morgan fingerprint density at radius 3 is 2.29 bits per heavy atom. The molecule has 0 aliphatic carbocycles. The van der Waals surface area contributed by atoms with Crippen molar-refractivity contribution < 1.29 is 4.74 Å². The quantitative estimate of drug-likeness (QED) is 0.769. The third-order valence-electron chi connectivity index (χ3n) is 2.03. The fourth-order valence-electron chi connectivity index (χ4n) is 1.27. The standard InChI is InChI=1S/C12H8Cl3NO/c13-9-3-10(14)5-11(4-9)17-7-8-1-2-12(15)16-6-8/h1-6H,7H2. The van der Waals surface area contributed by atoms with Gasteiger partial charge in [0, 0.05) is 21.8 Å². The summed E-state index contributed by atoms with van der Waals surface area (Å²) in [7, 11) is 0. The maximum atomic E-state index is 5.86. The lowest BCUT2D eigenvalue weighted by atomic mass is 10.3. The molecule has 0 aliphatic rings. The monoisotopic (exact) mass is 287 g/mol. The first-order valence-electron chi connectivity index (χ1n) is 4.83.